The summed E-state index contributed by atoms with van der Waals surface area (Å²) in [5.41, 5.74) is 2.85. The highest BCUT2D eigenvalue weighted by Crippen LogP contribution is 2.22. The van der Waals surface area contributed by atoms with E-state index in [0.29, 0.717) is 28.2 Å². The first-order chi connectivity index (χ1) is 14.1. The maximum absolute atomic E-state index is 12.1. The minimum atomic E-state index is -0.438. The maximum atomic E-state index is 12.1. The van der Waals surface area contributed by atoms with Gasteiger partial charge in [-0.05, 0) is 60.7 Å². The van der Waals surface area contributed by atoms with Crippen LogP contribution in [-0.2, 0) is 9.57 Å². The third-order valence-corrected chi connectivity index (χ3v) is 4.01. The van der Waals surface area contributed by atoms with Crippen molar-refractivity contribution in [2.24, 2.45) is 10.2 Å². The van der Waals surface area contributed by atoms with Gasteiger partial charge in [0.25, 0.3) is 0 Å². The molecule has 0 aliphatic heterocycles. The van der Waals surface area contributed by atoms with E-state index in [1.54, 1.807) is 79.8 Å². The van der Waals surface area contributed by atoms with E-state index in [9.17, 15) is 9.59 Å². The van der Waals surface area contributed by atoms with E-state index in [-0.39, 0.29) is 0 Å². The van der Waals surface area contributed by atoms with Crippen molar-refractivity contribution in [1.29, 1.82) is 0 Å². The first-order valence-electron chi connectivity index (χ1n) is 8.78. The van der Waals surface area contributed by atoms with Gasteiger partial charge in [0, 0.05) is 7.05 Å². The lowest BCUT2D eigenvalue weighted by atomic mass is 10.2. The second-order valence-corrected chi connectivity index (χ2v) is 6.00. The number of anilines is 1. The van der Waals surface area contributed by atoms with Gasteiger partial charge in [-0.2, -0.15) is 10.2 Å². The Morgan fingerprint density at radius 2 is 1.24 bits per heavy atom. The zero-order chi connectivity index (χ0) is 20.6. The molecule has 0 heterocycles. The summed E-state index contributed by atoms with van der Waals surface area (Å²) in [5.74, 6) is -0.839. The molecular weight excluding hydrogens is 370 g/mol. The average Bonchev–Trinajstić information content (AvgIpc) is 2.78. The summed E-state index contributed by atoms with van der Waals surface area (Å²) in [5, 5.41) is 9.69. The molecule has 0 N–H and O–H groups in total. The molecule has 0 fully saturated rings. The molecule has 3 rings (SSSR count). The lowest BCUT2D eigenvalue weighted by Crippen LogP contribution is -2.22. The number of esters is 1. The van der Waals surface area contributed by atoms with Crippen molar-refractivity contribution in [3.63, 3.8) is 0 Å². The molecule has 7 nitrogen and oxygen atoms in total. The van der Waals surface area contributed by atoms with Crippen molar-refractivity contribution in [1.82, 2.24) is 0 Å². The number of methoxy groups -OCH3 is 1. The molecule has 29 heavy (non-hydrogen) atoms. The fourth-order valence-corrected chi connectivity index (χ4v) is 2.43. The molecule has 0 atom stereocenters. The molecule has 0 aromatic heterocycles. The van der Waals surface area contributed by atoms with E-state index in [2.05, 4.69) is 15.0 Å². The normalized spacial score (nSPS) is 10.6. The summed E-state index contributed by atoms with van der Waals surface area (Å²) in [6.07, 6.45) is 0. The van der Waals surface area contributed by atoms with Crippen LogP contribution in [0, 0.1) is 0 Å². The molecule has 3 aromatic rings. The number of hydrogen-bond donors (Lipinski definition) is 0. The van der Waals surface area contributed by atoms with Gasteiger partial charge in [0.15, 0.2) is 0 Å². The number of azo groups is 1. The van der Waals surface area contributed by atoms with Crippen LogP contribution in [0.15, 0.2) is 89.1 Å². The number of carbonyl (C=O) groups excluding carboxylic acids is 2. The van der Waals surface area contributed by atoms with Crippen molar-refractivity contribution in [3.05, 3.63) is 90.0 Å². The molecular formula is C22H19N3O4. The second-order valence-electron chi connectivity index (χ2n) is 6.00. The number of ether oxygens (including phenoxy) is 1. The summed E-state index contributed by atoms with van der Waals surface area (Å²) in [7, 11) is 2.99. The Hall–Kier alpha value is -4.00. The van der Waals surface area contributed by atoms with Gasteiger partial charge in [0.2, 0.25) is 0 Å². The number of hydroxylamine groups is 1. The Bertz CT molecular complexity index is 1000. The van der Waals surface area contributed by atoms with Crippen LogP contribution in [0.1, 0.15) is 20.7 Å². The molecule has 3 aromatic carbocycles. The molecule has 0 bridgehead atoms. The van der Waals surface area contributed by atoms with E-state index in [1.807, 2.05) is 6.07 Å². The molecule has 0 unspecified atom stereocenters. The lowest BCUT2D eigenvalue weighted by Gasteiger charge is -2.18. The van der Waals surface area contributed by atoms with Gasteiger partial charge >= 0.3 is 11.9 Å². The predicted octanol–water partition coefficient (Wildman–Crippen LogP) is 5.10. The summed E-state index contributed by atoms with van der Waals surface area (Å²) in [4.78, 5) is 28.9. The molecule has 0 saturated heterocycles. The third-order valence-electron chi connectivity index (χ3n) is 4.01. The first-order valence-corrected chi connectivity index (χ1v) is 8.78. The summed E-state index contributed by atoms with van der Waals surface area (Å²) >= 11 is 0. The molecule has 0 aliphatic carbocycles. The Balaban J connectivity index is 1.61. The Labute approximate surface area is 168 Å². The van der Waals surface area contributed by atoms with Crippen LogP contribution in [0.25, 0.3) is 0 Å². The van der Waals surface area contributed by atoms with Crippen molar-refractivity contribution in [2.45, 2.75) is 0 Å². The van der Waals surface area contributed by atoms with Crippen LogP contribution in [0.2, 0.25) is 0 Å². The van der Waals surface area contributed by atoms with Gasteiger partial charge < -0.3 is 9.57 Å². The highest BCUT2D eigenvalue weighted by Gasteiger charge is 2.11. The van der Waals surface area contributed by atoms with Gasteiger partial charge in [-0.3, -0.25) is 0 Å². The van der Waals surface area contributed by atoms with Crippen molar-refractivity contribution in [2.75, 3.05) is 19.2 Å². The fourth-order valence-electron chi connectivity index (χ4n) is 2.43. The van der Waals surface area contributed by atoms with Crippen LogP contribution in [0.4, 0.5) is 17.1 Å². The van der Waals surface area contributed by atoms with Gasteiger partial charge in [-0.15, -0.1) is 0 Å². The molecule has 7 heteroatoms. The van der Waals surface area contributed by atoms with E-state index in [0.717, 1.165) is 0 Å². The van der Waals surface area contributed by atoms with E-state index in [1.165, 1.54) is 12.2 Å². The summed E-state index contributed by atoms with van der Waals surface area (Å²) < 4.78 is 4.66. The SMILES string of the molecule is COC(=O)c1ccc(N=Nc2ccc(N(C)OC(=O)c3ccccc3)cc2)cc1. The number of benzene rings is 3. The highest BCUT2D eigenvalue weighted by atomic mass is 16.7. The second kappa shape index (κ2) is 9.27. The van der Waals surface area contributed by atoms with Crippen LogP contribution in [0.3, 0.4) is 0 Å². The van der Waals surface area contributed by atoms with Crippen LogP contribution in [-0.4, -0.2) is 26.1 Å². The quantitative estimate of drug-likeness (QED) is 0.333. The van der Waals surface area contributed by atoms with Crippen LogP contribution in [0.5, 0.6) is 0 Å². The number of hydrogen-bond acceptors (Lipinski definition) is 7. The Morgan fingerprint density at radius 3 is 1.79 bits per heavy atom. The molecule has 146 valence electrons. The number of carbonyl (C=O) groups is 2. The van der Waals surface area contributed by atoms with Gasteiger partial charge in [0.05, 0.1) is 35.3 Å². The maximum Gasteiger partial charge on any atom is 0.363 e. The van der Waals surface area contributed by atoms with E-state index >= 15 is 0 Å². The minimum absolute atomic E-state index is 0.402. The fraction of sp³-hybridized carbons (Fsp3) is 0.0909. The summed E-state index contributed by atoms with van der Waals surface area (Å²) in [6, 6.07) is 22.4. The molecule has 0 spiro atoms. The van der Waals surface area contributed by atoms with Gasteiger partial charge in [0.1, 0.15) is 0 Å². The first kappa shape index (κ1) is 19.8. The molecule has 0 saturated carbocycles. The van der Waals surface area contributed by atoms with Crippen molar-refractivity contribution < 1.29 is 19.2 Å². The smallest absolute Gasteiger partial charge is 0.363 e. The van der Waals surface area contributed by atoms with Crippen LogP contribution < -0.4 is 5.06 Å². The number of rotatable bonds is 6. The zero-order valence-electron chi connectivity index (χ0n) is 16.0. The third kappa shape index (κ3) is 5.26. The minimum Gasteiger partial charge on any atom is -0.465 e. The molecule has 0 radical (unpaired) electrons. The number of nitrogens with zero attached hydrogens (tertiary/aromatic N) is 3. The van der Waals surface area contributed by atoms with Gasteiger partial charge in [-0.25, -0.2) is 14.7 Å². The zero-order valence-corrected chi connectivity index (χ0v) is 16.0. The Kier molecular flexibility index (Phi) is 6.32. The highest BCUT2D eigenvalue weighted by molar-refractivity contribution is 5.90. The van der Waals surface area contributed by atoms with Crippen LogP contribution >= 0.6 is 0 Å². The topological polar surface area (TPSA) is 80.6 Å². The summed E-state index contributed by atoms with van der Waals surface area (Å²) in [6.45, 7) is 0. The van der Waals surface area contributed by atoms with Crippen molar-refractivity contribution >= 4 is 29.0 Å². The Morgan fingerprint density at radius 1 is 0.724 bits per heavy atom. The van der Waals surface area contributed by atoms with Gasteiger partial charge in [-0.1, -0.05) is 18.2 Å². The molecule has 0 aliphatic rings. The lowest BCUT2D eigenvalue weighted by molar-refractivity contribution is 0.0477. The average molecular weight is 389 g/mol. The molecule has 0 amide bonds. The largest absolute Gasteiger partial charge is 0.465 e. The standard InChI is InChI=1S/C22H19N3O4/c1-25(29-22(27)16-6-4-3-5-7-16)20-14-12-19(13-15-20)24-23-18-10-8-17(9-11-18)21(26)28-2/h3-15H,1-2H3. The van der Waals surface area contributed by atoms with E-state index < -0.39 is 11.9 Å². The van der Waals surface area contributed by atoms with Crippen molar-refractivity contribution in [3.8, 4) is 0 Å². The monoisotopic (exact) mass is 389 g/mol. The predicted molar refractivity (Wildman–Crippen MR) is 109 cm³/mol. The van der Waals surface area contributed by atoms with E-state index in [4.69, 9.17) is 4.84 Å².